The van der Waals surface area contributed by atoms with E-state index >= 15 is 0 Å². The molecule has 18 heavy (non-hydrogen) atoms. The Morgan fingerprint density at radius 3 is 0.944 bits per heavy atom. The van der Waals surface area contributed by atoms with Crippen molar-refractivity contribution in [2.24, 2.45) is 0 Å². The van der Waals surface area contributed by atoms with Gasteiger partial charge in [0.1, 0.15) is 0 Å². The summed E-state index contributed by atoms with van der Waals surface area (Å²) in [4.78, 5) is 3.06. The molecule has 0 aromatic carbocycles. The molecule has 0 spiro atoms. The predicted octanol–water partition coefficient (Wildman–Crippen LogP) is 4.29. The summed E-state index contributed by atoms with van der Waals surface area (Å²) >= 11 is 0. The second-order valence-corrected chi connectivity index (χ2v) is 1.06. The standard InChI is InChI=1S/C3H7N2.C2H5.CH2B.3CH4.2CH3.2V.2W/c1-3(2)5-4;2*1-2;;;;;;;;;/h4H,1-2H3;1H2,2H3;1H2;3*1H4;2*1H3;;;;/q+1;2*-1;;;;2*-1;;;;. The van der Waals surface area contributed by atoms with Gasteiger partial charge in [-0.15, -0.1) is 0 Å². The number of nitrogens with zero attached hydrogens (tertiary/aromatic N) is 1. The van der Waals surface area contributed by atoms with E-state index in [1.54, 1.807) is 20.8 Å². The van der Waals surface area contributed by atoms with Gasteiger partial charge in [-0.05, 0) is 0 Å². The van der Waals surface area contributed by atoms with Gasteiger partial charge in [0.15, 0.2) is 0 Å². The molecule has 0 rings (SSSR count). The Kier molecular flexibility index (Phi) is 1070. The van der Waals surface area contributed by atoms with Crippen LogP contribution >= 0.6 is 0 Å². The van der Waals surface area contributed by atoms with Gasteiger partial charge >= 0.3 is 5.71 Å². The molecule has 0 heterocycles. The molecule has 0 saturated carbocycles. The van der Waals surface area contributed by atoms with Gasteiger partial charge in [0.05, 0.1) is 5.53 Å². The van der Waals surface area contributed by atoms with Crippen LogP contribution in [0.5, 0.6) is 0 Å². The molecule has 2 nitrogen and oxygen atoms in total. The third-order valence-electron chi connectivity index (χ3n) is 0.224. The molecule has 0 aliphatic heterocycles. The Balaban J connectivity index is -0.00000000260. The minimum Gasteiger partial charge on any atom is -0.382 e. The van der Waals surface area contributed by atoms with Crippen LogP contribution in [0.2, 0.25) is 0 Å². The molecule has 0 saturated heterocycles. The average molecular weight is 673 g/mol. The molecule has 1 N–H and O–H groups in total. The van der Waals surface area contributed by atoms with Crippen LogP contribution in [0.3, 0.4) is 0 Å². The number of hydrogen-bond donors (Lipinski definition) is 1. The van der Waals surface area contributed by atoms with Crippen molar-refractivity contribution in [2.45, 2.75) is 43.1 Å². The molecule has 114 valence electrons. The maximum atomic E-state index is 6.25. The van der Waals surface area contributed by atoms with Crippen molar-refractivity contribution in [1.82, 2.24) is 0 Å². The van der Waals surface area contributed by atoms with Crippen LogP contribution in [-0.2, 0) is 79.2 Å². The molecule has 0 aliphatic rings. The van der Waals surface area contributed by atoms with Gasteiger partial charge in [0.25, 0.3) is 0 Å². The van der Waals surface area contributed by atoms with E-state index in [2.05, 4.69) is 26.4 Å². The second kappa shape index (κ2) is 171. The topological polar surface area (TPSA) is 38.0 Å². The summed E-state index contributed by atoms with van der Waals surface area (Å²) in [5, 5.41) is 0. The van der Waals surface area contributed by atoms with Gasteiger partial charge in [0.2, 0.25) is 0 Å². The van der Waals surface area contributed by atoms with E-state index in [-0.39, 0.29) is 116 Å². The zero-order valence-electron chi connectivity index (χ0n) is 10.1. The Hall–Kier alpha value is 1.99. The van der Waals surface area contributed by atoms with E-state index in [0.717, 1.165) is 5.71 Å². The molecule has 0 aliphatic carbocycles. The quantitative estimate of drug-likeness (QED) is 0.131. The first kappa shape index (κ1) is 113. The summed E-state index contributed by atoms with van der Waals surface area (Å²) in [5.41, 5.74) is 7.04. The molecular formula is C11H32BN2V2W2-3. The summed E-state index contributed by atoms with van der Waals surface area (Å²) in [5.74, 6) is 0. The zero-order chi connectivity index (χ0) is 8.28. The van der Waals surface area contributed by atoms with Crippen LogP contribution in [0.25, 0.3) is 0 Å². The summed E-state index contributed by atoms with van der Waals surface area (Å²) in [6, 6.07) is 0. The first-order valence-electron chi connectivity index (χ1n) is 2.56. The van der Waals surface area contributed by atoms with Gasteiger partial charge in [-0.25, -0.2) is 0 Å². The first-order valence-corrected chi connectivity index (χ1v) is 2.56. The molecule has 0 aromatic heterocycles. The fourth-order valence-corrected chi connectivity index (χ4v) is 0. The predicted molar refractivity (Wildman–Crippen MR) is 74.5 cm³/mol. The third kappa shape index (κ3) is 326. The van der Waals surface area contributed by atoms with E-state index in [1.807, 2.05) is 0 Å². The summed E-state index contributed by atoms with van der Waals surface area (Å²) in [6.45, 7) is 11.3. The van der Waals surface area contributed by atoms with Crippen LogP contribution in [0.15, 0.2) is 0 Å². The molecule has 0 fully saturated rings. The average Bonchev–Trinajstić information content (AvgIpc) is 1.97. The molecule has 7 heteroatoms. The largest absolute Gasteiger partial charge is 0.382 e. The van der Waals surface area contributed by atoms with Gasteiger partial charge in [0, 0.05) is 97.9 Å². The summed E-state index contributed by atoms with van der Waals surface area (Å²) in [7, 11) is 4.25. The van der Waals surface area contributed by atoms with Crippen LogP contribution in [0.1, 0.15) is 43.1 Å². The number of nitrogens with one attached hydrogen (secondary N) is 1. The molecule has 0 bridgehead atoms. The van der Waals surface area contributed by atoms with E-state index < -0.39 is 0 Å². The monoisotopic (exact) mass is 673 g/mol. The maximum Gasteiger partial charge on any atom is 0.312 e. The van der Waals surface area contributed by atoms with E-state index in [0.29, 0.717) is 0 Å². The molecule has 0 atom stereocenters. The molecule has 0 unspecified atom stereocenters. The van der Waals surface area contributed by atoms with Crippen molar-refractivity contribution in [3.05, 3.63) is 28.6 Å². The van der Waals surface area contributed by atoms with Crippen LogP contribution < -0.4 is 0 Å². The minimum absolute atomic E-state index is 0. The summed E-state index contributed by atoms with van der Waals surface area (Å²) < 4.78 is 0. The van der Waals surface area contributed by atoms with Gasteiger partial charge in [-0.1, -0.05) is 22.3 Å². The fourth-order valence-electron chi connectivity index (χ4n) is 0. The van der Waals surface area contributed by atoms with Crippen LogP contribution in [-0.4, -0.2) is 18.3 Å². The fraction of sp³-hybridized carbons (Fsp3) is 0.545. The minimum atomic E-state index is 0. The smallest absolute Gasteiger partial charge is 0.312 e. The molecular weight excluding hydrogens is 641 g/mol. The number of hydrogen-bond acceptors (Lipinski definition) is 1. The third-order valence-corrected chi connectivity index (χ3v) is 0.224. The molecule has 4 radical (unpaired) electrons. The van der Waals surface area contributed by atoms with Crippen molar-refractivity contribution >= 4 is 13.6 Å². The van der Waals surface area contributed by atoms with Crippen molar-refractivity contribution in [3.63, 3.8) is 0 Å². The second-order valence-electron chi connectivity index (χ2n) is 1.06. The molecule has 0 aromatic rings. The van der Waals surface area contributed by atoms with E-state index in [9.17, 15) is 0 Å². The Labute approximate surface area is 173 Å². The normalized spacial score (nSPS) is 2.28. The van der Waals surface area contributed by atoms with Gasteiger partial charge in [-0.3, -0.25) is 0 Å². The van der Waals surface area contributed by atoms with E-state index in [4.69, 9.17) is 5.53 Å². The zero-order valence-corrected chi connectivity index (χ0v) is 18.8. The van der Waals surface area contributed by atoms with Crippen molar-refractivity contribution in [2.75, 3.05) is 0 Å². The van der Waals surface area contributed by atoms with E-state index in [1.165, 1.54) is 0 Å². The van der Waals surface area contributed by atoms with Crippen LogP contribution in [0, 0.1) is 34.1 Å². The Bertz CT molecular complexity index is 91.1. The molecule has 0 amide bonds. The SMILES string of the molecule is C.C.C.CC(C)=[N+]=N.[B][CH2-].[CH2-]C.[CH3-].[CH3-].[V].[V].[W].[W]. The van der Waals surface area contributed by atoms with Crippen molar-refractivity contribution in [3.8, 4) is 0 Å². The Morgan fingerprint density at radius 1 is 0.889 bits per heavy atom. The van der Waals surface area contributed by atoms with Gasteiger partial charge < -0.3 is 28.6 Å². The van der Waals surface area contributed by atoms with Crippen molar-refractivity contribution in [1.29, 1.82) is 5.53 Å². The number of rotatable bonds is 0. The van der Waals surface area contributed by atoms with Crippen molar-refractivity contribution < 1.29 is 84.0 Å². The van der Waals surface area contributed by atoms with Crippen LogP contribution in [0.4, 0.5) is 0 Å². The summed E-state index contributed by atoms with van der Waals surface area (Å²) in [6.07, 6.45) is 0. The first-order chi connectivity index (χ1) is 4.27. The van der Waals surface area contributed by atoms with Gasteiger partial charge in [-0.2, -0.15) is 14.8 Å². The Morgan fingerprint density at radius 2 is 0.944 bits per heavy atom. The maximum absolute atomic E-state index is 6.25.